The molecule has 11 heteroatoms. The van der Waals surface area contributed by atoms with Gasteiger partial charge in [0.15, 0.2) is 11.5 Å². The van der Waals surface area contributed by atoms with Gasteiger partial charge in [0.25, 0.3) is 0 Å². The SMILES string of the molecule is Cc1noc(Cn2nc3ccc(-c4ccc(OC(F)(F)F)cc4C)cn3c2=O)n1. The van der Waals surface area contributed by atoms with E-state index in [0.29, 0.717) is 28.2 Å². The Morgan fingerprint density at radius 2 is 1.97 bits per heavy atom. The molecule has 0 saturated heterocycles. The van der Waals surface area contributed by atoms with Gasteiger partial charge in [0, 0.05) is 6.20 Å². The Kier molecular flexibility index (Phi) is 4.36. The number of halogens is 3. The molecule has 0 spiro atoms. The number of aryl methyl sites for hydroxylation is 2. The van der Waals surface area contributed by atoms with Crippen molar-refractivity contribution in [1.29, 1.82) is 0 Å². The van der Waals surface area contributed by atoms with E-state index in [4.69, 9.17) is 4.52 Å². The van der Waals surface area contributed by atoms with Crippen molar-refractivity contribution in [2.75, 3.05) is 0 Å². The minimum Gasteiger partial charge on any atom is -0.406 e. The number of fused-ring (bicyclic) bond motifs is 1. The van der Waals surface area contributed by atoms with Crippen LogP contribution in [-0.2, 0) is 6.54 Å². The standard InChI is InChI=1S/C18H14F3N5O3/c1-10-7-13(28-18(19,20)21)4-5-14(10)12-3-6-15-23-26(17(27)25(15)8-12)9-16-22-11(2)24-29-16/h3-8H,9H2,1-2H3. The molecule has 0 atom stereocenters. The van der Waals surface area contributed by atoms with E-state index in [1.54, 1.807) is 32.2 Å². The number of rotatable bonds is 4. The molecule has 4 rings (SSSR count). The average Bonchev–Trinajstić information content (AvgIpc) is 3.17. The van der Waals surface area contributed by atoms with Crippen molar-refractivity contribution >= 4 is 5.65 Å². The summed E-state index contributed by atoms with van der Waals surface area (Å²) >= 11 is 0. The van der Waals surface area contributed by atoms with Gasteiger partial charge in [0.2, 0.25) is 5.89 Å². The van der Waals surface area contributed by atoms with E-state index >= 15 is 0 Å². The van der Waals surface area contributed by atoms with Crippen LogP contribution < -0.4 is 10.4 Å². The zero-order chi connectivity index (χ0) is 20.8. The van der Waals surface area contributed by atoms with E-state index in [2.05, 4.69) is 20.0 Å². The van der Waals surface area contributed by atoms with E-state index in [0.717, 1.165) is 0 Å². The van der Waals surface area contributed by atoms with Crippen LogP contribution >= 0.6 is 0 Å². The summed E-state index contributed by atoms with van der Waals surface area (Å²) in [6, 6.07) is 7.40. The highest BCUT2D eigenvalue weighted by atomic mass is 19.4. The molecular weight excluding hydrogens is 391 g/mol. The summed E-state index contributed by atoms with van der Waals surface area (Å²) in [5, 5.41) is 7.90. The Labute approximate surface area is 161 Å². The predicted octanol–water partition coefficient (Wildman–Crippen LogP) is 3.11. The highest BCUT2D eigenvalue weighted by Crippen LogP contribution is 2.29. The van der Waals surface area contributed by atoms with E-state index in [9.17, 15) is 18.0 Å². The monoisotopic (exact) mass is 405 g/mol. The quantitative estimate of drug-likeness (QED) is 0.519. The second-order valence-corrected chi connectivity index (χ2v) is 6.35. The Morgan fingerprint density at radius 3 is 2.62 bits per heavy atom. The molecule has 0 bridgehead atoms. The molecule has 0 aliphatic heterocycles. The molecule has 0 N–H and O–H groups in total. The maximum absolute atomic E-state index is 12.6. The van der Waals surface area contributed by atoms with Crippen LogP contribution in [0.5, 0.6) is 5.75 Å². The lowest BCUT2D eigenvalue weighted by Gasteiger charge is -2.12. The number of aromatic nitrogens is 5. The van der Waals surface area contributed by atoms with Crippen molar-refractivity contribution in [3.05, 3.63) is 64.3 Å². The van der Waals surface area contributed by atoms with E-state index in [-0.39, 0.29) is 18.2 Å². The van der Waals surface area contributed by atoms with E-state index in [1.807, 2.05) is 0 Å². The molecule has 0 fully saturated rings. The summed E-state index contributed by atoms with van der Waals surface area (Å²) in [5.74, 6) is 0.400. The van der Waals surface area contributed by atoms with Crippen LogP contribution in [0, 0.1) is 13.8 Å². The Balaban J connectivity index is 1.69. The molecule has 0 aliphatic rings. The van der Waals surface area contributed by atoms with E-state index in [1.165, 1.54) is 27.3 Å². The van der Waals surface area contributed by atoms with Crippen LogP contribution in [0.15, 0.2) is 45.8 Å². The maximum Gasteiger partial charge on any atom is 0.573 e. The molecular formula is C18H14F3N5O3. The molecule has 3 heterocycles. The molecule has 29 heavy (non-hydrogen) atoms. The fourth-order valence-corrected chi connectivity index (χ4v) is 2.97. The molecule has 8 nitrogen and oxygen atoms in total. The molecule has 0 radical (unpaired) electrons. The van der Waals surface area contributed by atoms with Crippen LogP contribution in [0.2, 0.25) is 0 Å². The van der Waals surface area contributed by atoms with Gasteiger partial charge in [0.1, 0.15) is 12.3 Å². The Hall–Kier alpha value is -3.63. The minimum absolute atomic E-state index is 0.0270. The third-order valence-corrected chi connectivity index (χ3v) is 4.17. The van der Waals surface area contributed by atoms with Crippen molar-refractivity contribution in [3.8, 4) is 16.9 Å². The van der Waals surface area contributed by atoms with Gasteiger partial charge in [-0.25, -0.2) is 13.9 Å². The molecule has 0 aliphatic carbocycles. The number of ether oxygens (including phenoxy) is 1. The molecule has 3 aromatic heterocycles. The highest BCUT2D eigenvalue weighted by Gasteiger charge is 2.31. The van der Waals surface area contributed by atoms with Crippen LogP contribution in [0.1, 0.15) is 17.3 Å². The number of hydrogen-bond acceptors (Lipinski definition) is 6. The van der Waals surface area contributed by atoms with Crippen molar-refractivity contribution in [2.45, 2.75) is 26.8 Å². The van der Waals surface area contributed by atoms with Crippen LogP contribution in [0.4, 0.5) is 13.2 Å². The first-order valence-corrected chi connectivity index (χ1v) is 8.45. The summed E-state index contributed by atoms with van der Waals surface area (Å²) < 4.78 is 48.7. The Morgan fingerprint density at radius 1 is 1.17 bits per heavy atom. The first-order chi connectivity index (χ1) is 13.7. The number of hydrogen-bond donors (Lipinski definition) is 0. The van der Waals surface area contributed by atoms with Crippen molar-refractivity contribution in [3.63, 3.8) is 0 Å². The molecule has 1 aromatic carbocycles. The largest absolute Gasteiger partial charge is 0.573 e. The summed E-state index contributed by atoms with van der Waals surface area (Å²) in [6.45, 7) is 3.35. The summed E-state index contributed by atoms with van der Waals surface area (Å²) in [4.78, 5) is 16.7. The second-order valence-electron chi connectivity index (χ2n) is 6.35. The molecule has 4 aromatic rings. The molecule has 0 unspecified atom stereocenters. The van der Waals surface area contributed by atoms with Gasteiger partial charge < -0.3 is 9.26 Å². The van der Waals surface area contributed by atoms with Gasteiger partial charge >= 0.3 is 12.1 Å². The lowest BCUT2D eigenvalue weighted by atomic mass is 10.0. The number of pyridine rings is 1. The van der Waals surface area contributed by atoms with Gasteiger partial charge in [-0.05, 0) is 54.8 Å². The zero-order valence-electron chi connectivity index (χ0n) is 15.3. The number of benzene rings is 1. The number of nitrogens with zero attached hydrogens (tertiary/aromatic N) is 5. The topological polar surface area (TPSA) is 87.5 Å². The molecule has 0 amide bonds. The van der Waals surface area contributed by atoms with Crippen molar-refractivity contribution < 1.29 is 22.4 Å². The second kappa shape index (κ2) is 6.76. The van der Waals surface area contributed by atoms with Gasteiger partial charge in [-0.15, -0.1) is 18.3 Å². The smallest absolute Gasteiger partial charge is 0.406 e. The predicted molar refractivity (Wildman–Crippen MR) is 94.4 cm³/mol. The lowest BCUT2D eigenvalue weighted by Crippen LogP contribution is -2.21. The molecule has 150 valence electrons. The first-order valence-electron chi connectivity index (χ1n) is 8.45. The van der Waals surface area contributed by atoms with Gasteiger partial charge in [-0.1, -0.05) is 11.2 Å². The normalized spacial score (nSPS) is 11.9. The third-order valence-electron chi connectivity index (χ3n) is 4.17. The third kappa shape index (κ3) is 3.84. The van der Waals surface area contributed by atoms with Crippen molar-refractivity contribution in [1.82, 2.24) is 24.3 Å². The highest BCUT2D eigenvalue weighted by molar-refractivity contribution is 5.68. The minimum atomic E-state index is -4.76. The lowest BCUT2D eigenvalue weighted by molar-refractivity contribution is -0.274. The summed E-state index contributed by atoms with van der Waals surface area (Å²) in [5.41, 5.74) is 1.86. The van der Waals surface area contributed by atoms with Crippen LogP contribution in [0.25, 0.3) is 16.8 Å². The van der Waals surface area contributed by atoms with Gasteiger partial charge in [0.05, 0.1) is 0 Å². The summed E-state index contributed by atoms with van der Waals surface area (Å²) in [6.07, 6.45) is -3.18. The first kappa shape index (κ1) is 18.7. The van der Waals surface area contributed by atoms with Crippen molar-refractivity contribution in [2.24, 2.45) is 0 Å². The fraction of sp³-hybridized carbons (Fsp3) is 0.222. The Bertz CT molecular complexity index is 1260. The maximum atomic E-state index is 12.6. The molecule has 0 saturated carbocycles. The zero-order valence-corrected chi connectivity index (χ0v) is 15.3. The van der Waals surface area contributed by atoms with Crippen LogP contribution in [-0.4, -0.2) is 30.7 Å². The van der Waals surface area contributed by atoms with Gasteiger partial charge in [-0.2, -0.15) is 4.98 Å². The summed E-state index contributed by atoms with van der Waals surface area (Å²) in [7, 11) is 0. The number of alkyl halides is 3. The fourth-order valence-electron chi connectivity index (χ4n) is 2.97. The van der Waals surface area contributed by atoms with Crippen LogP contribution in [0.3, 0.4) is 0 Å². The van der Waals surface area contributed by atoms with Gasteiger partial charge in [-0.3, -0.25) is 0 Å². The van der Waals surface area contributed by atoms with E-state index < -0.39 is 12.1 Å². The average molecular weight is 405 g/mol.